The van der Waals surface area contributed by atoms with Crippen molar-refractivity contribution >= 4 is 21.7 Å². The summed E-state index contributed by atoms with van der Waals surface area (Å²) in [6, 6.07) is 4.50. The molecule has 2 rings (SSSR count). The van der Waals surface area contributed by atoms with Gasteiger partial charge >= 0.3 is 0 Å². The first-order valence-corrected chi connectivity index (χ1v) is 6.09. The highest BCUT2D eigenvalue weighted by Gasteiger charge is 2.29. The first-order valence-electron chi connectivity index (χ1n) is 4.68. The number of hydrogen-bond donors (Lipinski definition) is 1. The van der Waals surface area contributed by atoms with E-state index < -0.39 is 26.6 Å². The Hall–Kier alpha value is -1.83. The minimum atomic E-state index is -4.92. The van der Waals surface area contributed by atoms with Gasteiger partial charge in [-0.2, -0.15) is 0 Å². The van der Waals surface area contributed by atoms with E-state index in [1.807, 2.05) is 0 Å². The molecule has 0 bridgehead atoms. The van der Waals surface area contributed by atoms with Crippen LogP contribution in [0.4, 0.5) is 0 Å². The lowest BCUT2D eigenvalue weighted by molar-refractivity contribution is 0.0988. The maximum absolute atomic E-state index is 11.8. The van der Waals surface area contributed by atoms with E-state index >= 15 is 0 Å². The molecule has 1 aliphatic carbocycles. The summed E-state index contributed by atoms with van der Waals surface area (Å²) in [4.78, 5) is 22.5. The van der Waals surface area contributed by atoms with E-state index in [0.717, 1.165) is 0 Å². The van der Waals surface area contributed by atoms with E-state index in [-0.39, 0.29) is 17.3 Å². The van der Waals surface area contributed by atoms with Gasteiger partial charge in [-0.1, -0.05) is 18.2 Å². The predicted molar refractivity (Wildman–Crippen MR) is 63.6 cm³/mol. The Kier molecular flexibility index (Phi) is 3.52. The zero-order valence-corrected chi connectivity index (χ0v) is 10.6. The third-order valence-corrected chi connectivity index (χ3v) is 3.36. The Morgan fingerprint density at radius 1 is 1.17 bits per heavy atom. The van der Waals surface area contributed by atoms with Crippen LogP contribution in [-0.4, -0.2) is 24.5 Å². The largest absolute Gasteiger partial charge is 0.744 e. The third kappa shape index (κ3) is 2.10. The first-order chi connectivity index (χ1) is 7.82. The van der Waals surface area contributed by atoms with Gasteiger partial charge in [-0.25, -0.2) is 8.42 Å². The van der Waals surface area contributed by atoms with Crippen molar-refractivity contribution < 1.29 is 22.6 Å². The molecule has 1 aliphatic rings. The standard InChI is InChI=1S/C11H8O5S.H3N/c1-6-3-2-4-7-10(6)8(12)5-9(11(7)13)17(14,15)16;/h2-5H,1H3,(H,14,15,16);1H3. The number of carbonyl (C=O) groups is 2. The Morgan fingerprint density at radius 2 is 1.78 bits per heavy atom. The number of hydrogen-bond acceptors (Lipinski definition) is 5. The summed E-state index contributed by atoms with van der Waals surface area (Å²) < 4.78 is 32.5. The predicted octanol–water partition coefficient (Wildman–Crippen LogP) is 1.18. The number of benzene rings is 1. The summed E-state index contributed by atoms with van der Waals surface area (Å²) >= 11 is 0. The van der Waals surface area contributed by atoms with Crippen LogP contribution in [0.5, 0.6) is 0 Å². The molecule has 6 nitrogen and oxygen atoms in total. The molecule has 0 spiro atoms. The van der Waals surface area contributed by atoms with Crippen molar-refractivity contribution in [3.8, 4) is 0 Å². The second-order valence-electron chi connectivity index (χ2n) is 3.65. The highest BCUT2D eigenvalue weighted by molar-refractivity contribution is 7.90. The van der Waals surface area contributed by atoms with Crippen LogP contribution < -0.4 is 6.15 Å². The van der Waals surface area contributed by atoms with Gasteiger partial charge in [0.05, 0.1) is 0 Å². The molecule has 0 atom stereocenters. The van der Waals surface area contributed by atoms with Gasteiger partial charge in [-0.05, 0) is 12.5 Å². The highest BCUT2D eigenvalue weighted by Crippen LogP contribution is 2.26. The number of quaternary nitrogens is 1. The van der Waals surface area contributed by atoms with Crippen LogP contribution in [0.25, 0.3) is 0 Å². The normalized spacial score (nSPS) is 14.7. The molecule has 7 heteroatoms. The monoisotopic (exact) mass is 269 g/mol. The Labute approximate surface area is 104 Å². The van der Waals surface area contributed by atoms with Gasteiger partial charge in [0.15, 0.2) is 5.78 Å². The topological polar surface area (TPSA) is 128 Å². The quantitative estimate of drug-likeness (QED) is 0.765. The summed E-state index contributed by atoms with van der Waals surface area (Å²) in [5, 5.41) is 0. The molecule has 0 saturated carbocycles. The molecule has 0 unspecified atom stereocenters. The smallest absolute Gasteiger partial charge is 0.204 e. The molecular weight excluding hydrogens is 258 g/mol. The lowest BCUT2D eigenvalue weighted by Crippen LogP contribution is -2.22. The number of rotatable bonds is 1. The molecule has 0 saturated heterocycles. The minimum absolute atomic E-state index is 0. The maximum Gasteiger partial charge on any atom is 0.204 e. The van der Waals surface area contributed by atoms with E-state index in [2.05, 4.69) is 0 Å². The fourth-order valence-electron chi connectivity index (χ4n) is 1.76. The number of carbonyl (C=O) groups excluding carboxylic acids is 2. The zero-order chi connectivity index (χ0) is 12.8. The van der Waals surface area contributed by atoms with Gasteiger partial charge in [0.2, 0.25) is 5.78 Å². The maximum atomic E-state index is 11.8. The molecule has 1 aromatic carbocycles. The van der Waals surface area contributed by atoms with Gasteiger partial charge in [-0.3, -0.25) is 9.59 Å². The molecule has 0 aliphatic heterocycles. The van der Waals surface area contributed by atoms with Crippen molar-refractivity contribution in [1.82, 2.24) is 6.15 Å². The van der Waals surface area contributed by atoms with Gasteiger partial charge in [0.1, 0.15) is 15.0 Å². The van der Waals surface area contributed by atoms with Gasteiger partial charge in [0, 0.05) is 17.2 Å². The van der Waals surface area contributed by atoms with Crippen LogP contribution >= 0.6 is 0 Å². The van der Waals surface area contributed by atoms with Crippen LogP contribution in [0.3, 0.4) is 0 Å². The van der Waals surface area contributed by atoms with Crippen molar-refractivity contribution in [3.05, 3.63) is 45.9 Å². The number of fused-ring (bicyclic) bond motifs is 1. The van der Waals surface area contributed by atoms with Crippen molar-refractivity contribution in [1.29, 1.82) is 0 Å². The second kappa shape index (κ2) is 4.45. The molecule has 0 amide bonds. The van der Waals surface area contributed by atoms with Crippen molar-refractivity contribution in [3.63, 3.8) is 0 Å². The molecule has 0 heterocycles. The molecular formula is C11H11NO5S. The van der Waals surface area contributed by atoms with E-state index in [1.165, 1.54) is 12.1 Å². The first kappa shape index (κ1) is 14.2. The SMILES string of the molecule is Cc1cccc2c1C(=O)C=C(S(=O)(=O)[O-])C2=O.[NH4+]. The Morgan fingerprint density at radius 3 is 2.33 bits per heavy atom. The summed E-state index contributed by atoms with van der Waals surface area (Å²) in [5.74, 6) is -1.55. The third-order valence-electron chi connectivity index (χ3n) is 2.52. The van der Waals surface area contributed by atoms with Crippen LogP contribution in [0.1, 0.15) is 26.3 Å². The second-order valence-corrected chi connectivity index (χ2v) is 5.00. The molecule has 4 N–H and O–H groups in total. The molecule has 18 heavy (non-hydrogen) atoms. The average molecular weight is 269 g/mol. The van der Waals surface area contributed by atoms with E-state index in [4.69, 9.17) is 0 Å². The lowest BCUT2D eigenvalue weighted by Gasteiger charge is -2.18. The van der Waals surface area contributed by atoms with E-state index in [9.17, 15) is 22.6 Å². The Bertz CT molecular complexity index is 673. The van der Waals surface area contributed by atoms with Crippen LogP contribution in [0.2, 0.25) is 0 Å². The minimum Gasteiger partial charge on any atom is -0.744 e. The van der Waals surface area contributed by atoms with Crippen molar-refractivity contribution in [2.24, 2.45) is 0 Å². The highest BCUT2D eigenvalue weighted by atomic mass is 32.2. The summed E-state index contributed by atoms with van der Waals surface area (Å²) in [5.41, 5.74) is 0.691. The fraction of sp³-hybridized carbons (Fsp3) is 0.0909. The van der Waals surface area contributed by atoms with Crippen LogP contribution in [0.15, 0.2) is 29.2 Å². The van der Waals surface area contributed by atoms with Crippen LogP contribution in [-0.2, 0) is 10.1 Å². The molecule has 0 aromatic heterocycles. The molecule has 0 radical (unpaired) electrons. The molecule has 1 aromatic rings. The zero-order valence-electron chi connectivity index (χ0n) is 9.76. The number of allylic oxidation sites excluding steroid dienone is 2. The molecule has 0 fully saturated rings. The van der Waals surface area contributed by atoms with Gasteiger partial charge < -0.3 is 10.7 Å². The average Bonchev–Trinajstić information content (AvgIpc) is 2.21. The van der Waals surface area contributed by atoms with Gasteiger partial charge in [0.25, 0.3) is 0 Å². The Balaban J connectivity index is 0.00000162. The van der Waals surface area contributed by atoms with Crippen molar-refractivity contribution in [2.75, 3.05) is 0 Å². The number of aryl methyl sites for hydroxylation is 1. The summed E-state index contributed by atoms with van der Waals surface area (Å²) in [7, 11) is -4.92. The number of ketones is 2. The lowest BCUT2D eigenvalue weighted by atomic mass is 9.91. The summed E-state index contributed by atoms with van der Waals surface area (Å²) in [6.45, 7) is 1.63. The summed E-state index contributed by atoms with van der Waals surface area (Å²) in [6.07, 6.45) is 0.597. The molecule has 96 valence electrons. The number of Topliss-reactive ketones (excluding diaryl/α,β-unsaturated/α-hetero) is 1. The van der Waals surface area contributed by atoms with E-state index in [0.29, 0.717) is 11.6 Å². The van der Waals surface area contributed by atoms with Gasteiger partial charge in [-0.15, -0.1) is 0 Å². The van der Waals surface area contributed by atoms with E-state index in [1.54, 1.807) is 13.0 Å². The van der Waals surface area contributed by atoms with Crippen LogP contribution in [0, 0.1) is 6.92 Å². The van der Waals surface area contributed by atoms with Crippen molar-refractivity contribution in [2.45, 2.75) is 6.92 Å². The fourth-order valence-corrected chi connectivity index (χ4v) is 2.35.